The van der Waals surface area contributed by atoms with E-state index in [0.29, 0.717) is 41.0 Å². The van der Waals surface area contributed by atoms with E-state index in [9.17, 15) is 4.79 Å². The van der Waals surface area contributed by atoms with Crippen molar-refractivity contribution in [2.75, 3.05) is 11.9 Å². The minimum absolute atomic E-state index is 0.307. The van der Waals surface area contributed by atoms with Crippen molar-refractivity contribution < 1.29 is 9.53 Å². The van der Waals surface area contributed by atoms with Crippen molar-refractivity contribution in [1.29, 1.82) is 0 Å². The lowest BCUT2D eigenvalue weighted by molar-refractivity contribution is 0.102. The van der Waals surface area contributed by atoms with E-state index in [1.807, 2.05) is 55.5 Å². The Labute approximate surface area is 157 Å². The second kappa shape index (κ2) is 8.06. The molecule has 0 bridgehead atoms. The van der Waals surface area contributed by atoms with Crippen LogP contribution in [0.4, 0.5) is 5.69 Å². The van der Waals surface area contributed by atoms with Gasteiger partial charge in [-0.1, -0.05) is 54.1 Å². The number of hydrogen-bond acceptors (Lipinski definition) is 3. The molecule has 1 amide bonds. The van der Waals surface area contributed by atoms with Crippen molar-refractivity contribution in [3.8, 4) is 5.75 Å². The fraction of sp³-hybridized carbons (Fsp3) is 0.200. The average Bonchev–Trinajstić information content (AvgIpc) is 2.91. The average molecular weight is 370 g/mol. The Kier molecular flexibility index (Phi) is 5.58. The molecule has 1 aromatic heterocycles. The van der Waals surface area contributed by atoms with E-state index in [1.165, 1.54) is 0 Å². The maximum absolute atomic E-state index is 12.8. The number of para-hydroxylation sites is 2. The molecule has 5 nitrogen and oxygen atoms in total. The second-order valence-corrected chi connectivity index (χ2v) is 6.14. The van der Waals surface area contributed by atoms with Crippen LogP contribution in [0.5, 0.6) is 5.75 Å². The molecule has 0 atom stereocenters. The van der Waals surface area contributed by atoms with Crippen molar-refractivity contribution in [3.05, 3.63) is 76.6 Å². The Bertz CT molecular complexity index is 907. The Morgan fingerprint density at radius 1 is 1.15 bits per heavy atom. The number of anilines is 1. The third-order valence-electron chi connectivity index (χ3n) is 3.90. The molecule has 0 saturated carbocycles. The third kappa shape index (κ3) is 3.89. The molecule has 6 heteroatoms. The van der Waals surface area contributed by atoms with E-state index in [4.69, 9.17) is 16.3 Å². The third-order valence-corrected chi connectivity index (χ3v) is 4.29. The summed E-state index contributed by atoms with van der Waals surface area (Å²) in [5.41, 5.74) is 2.61. The summed E-state index contributed by atoms with van der Waals surface area (Å²) in [4.78, 5) is 12.8. The summed E-state index contributed by atoms with van der Waals surface area (Å²) in [7, 11) is 0. The van der Waals surface area contributed by atoms with Crippen molar-refractivity contribution in [3.63, 3.8) is 0 Å². The molecule has 2 aromatic carbocycles. The van der Waals surface area contributed by atoms with Crippen LogP contribution in [0, 0.1) is 6.92 Å². The molecule has 3 aromatic rings. The van der Waals surface area contributed by atoms with Crippen molar-refractivity contribution in [2.24, 2.45) is 0 Å². The van der Waals surface area contributed by atoms with E-state index >= 15 is 0 Å². The largest absolute Gasteiger partial charge is 0.492 e. The number of halogens is 1. The maximum Gasteiger partial charge on any atom is 0.260 e. The smallest absolute Gasteiger partial charge is 0.260 e. The SMILES string of the molecule is CCOc1ccccc1NC(=O)c1c(C)nn(Cc2ccccc2)c1Cl. The maximum atomic E-state index is 12.8. The standard InChI is InChI=1S/C20H20ClN3O2/c1-3-26-17-12-8-7-11-16(17)22-20(25)18-14(2)23-24(19(18)21)13-15-9-5-4-6-10-15/h4-12H,3,13H2,1-2H3,(H,22,25). The predicted octanol–water partition coefficient (Wildman–Crippen LogP) is 4.54. The van der Waals surface area contributed by atoms with E-state index in [1.54, 1.807) is 17.7 Å². The van der Waals surface area contributed by atoms with Crippen molar-refractivity contribution >= 4 is 23.2 Å². The van der Waals surface area contributed by atoms with Gasteiger partial charge >= 0.3 is 0 Å². The summed E-state index contributed by atoms with van der Waals surface area (Å²) in [5, 5.41) is 7.61. The molecule has 0 saturated heterocycles. The molecule has 0 aliphatic carbocycles. The minimum atomic E-state index is -0.307. The summed E-state index contributed by atoms with van der Waals surface area (Å²) in [6, 6.07) is 17.1. The predicted molar refractivity (Wildman–Crippen MR) is 103 cm³/mol. The van der Waals surface area contributed by atoms with Gasteiger partial charge in [-0.3, -0.25) is 4.79 Å². The molecule has 134 valence electrons. The molecular weight excluding hydrogens is 350 g/mol. The zero-order chi connectivity index (χ0) is 18.5. The number of benzene rings is 2. The van der Waals surface area contributed by atoms with Crippen molar-refractivity contribution in [1.82, 2.24) is 9.78 Å². The highest BCUT2D eigenvalue weighted by Gasteiger charge is 2.21. The van der Waals surface area contributed by atoms with Gasteiger partial charge in [0.25, 0.3) is 5.91 Å². The molecule has 0 aliphatic heterocycles. The molecule has 1 heterocycles. The number of nitrogens with one attached hydrogen (secondary N) is 1. The van der Waals surface area contributed by atoms with Crippen LogP contribution in [0.25, 0.3) is 0 Å². The number of nitrogens with zero attached hydrogens (tertiary/aromatic N) is 2. The second-order valence-electron chi connectivity index (χ2n) is 5.78. The zero-order valence-corrected chi connectivity index (χ0v) is 15.5. The van der Waals surface area contributed by atoms with E-state index in [0.717, 1.165) is 5.56 Å². The number of carbonyl (C=O) groups excluding carboxylic acids is 1. The summed E-state index contributed by atoms with van der Waals surface area (Å²) < 4.78 is 7.18. The van der Waals surface area contributed by atoms with Crippen LogP contribution >= 0.6 is 11.6 Å². The van der Waals surface area contributed by atoms with Crippen LogP contribution in [0.15, 0.2) is 54.6 Å². The number of rotatable bonds is 6. The number of aromatic nitrogens is 2. The van der Waals surface area contributed by atoms with Gasteiger partial charge in [0, 0.05) is 0 Å². The quantitative estimate of drug-likeness (QED) is 0.693. The molecule has 1 N–H and O–H groups in total. The van der Waals surface area contributed by atoms with Gasteiger partial charge in [0.1, 0.15) is 10.9 Å². The Morgan fingerprint density at radius 2 is 1.85 bits per heavy atom. The minimum Gasteiger partial charge on any atom is -0.492 e. The number of carbonyl (C=O) groups is 1. The Morgan fingerprint density at radius 3 is 2.58 bits per heavy atom. The van der Waals surface area contributed by atoms with Crippen molar-refractivity contribution in [2.45, 2.75) is 20.4 Å². The van der Waals surface area contributed by atoms with Gasteiger partial charge in [-0.15, -0.1) is 0 Å². The molecule has 3 rings (SSSR count). The van der Waals surface area contributed by atoms with Crippen LogP contribution in [-0.2, 0) is 6.54 Å². The first-order valence-electron chi connectivity index (χ1n) is 8.40. The fourth-order valence-electron chi connectivity index (χ4n) is 2.71. The van der Waals surface area contributed by atoms with Gasteiger partial charge in [0.05, 0.1) is 30.1 Å². The van der Waals surface area contributed by atoms with E-state index < -0.39 is 0 Å². The number of amides is 1. The zero-order valence-electron chi connectivity index (χ0n) is 14.7. The summed E-state index contributed by atoms with van der Waals surface area (Å²) in [5.74, 6) is 0.313. The topological polar surface area (TPSA) is 56.1 Å². The van der Waals surface area contributed by atoms with Crippen LogP contribution in [0.1, 0.15) is 28.5 Å². The highest BCUT2D eigenvalue weighted by molar-refractivity contribution is 6.33. The van der Waals surface area contributed by atoms with Gasteiger partial charge in [0.2, 0.25) is 0 Å². The molecule has 0 aliphatic rings. The molecular formula is C20H20ClN3O2. The van der Waals surface area contributed by atoms with Crippen LogP contribution in [0.2, 0.25) is 5.15 Å². The first-order chi connectivity index (χ1) is 12.6. The number of aryl methyl sites for hydroxylation is 1. The summed E-state index contributed by atoms with van der Waals surface area (Å²) >= 11 is 6.45. The molecule has 0 radical (unpaired) electrons. The summed E-state index contributed by atoms with van der Waals surface area (Å²) in [6.07, 6.45) is 0. The number of ether oxygens (including phenoxy) is 1. The van der Waals surface area contributed by atoms with E-state index in [2.05, 4.69) is 10.4 Å². The highest BCUT2D eigenvalue weighted by atomic mass is 35.5. The monoisotopic (exact) mass is 369 g/mol. The highest BCUT2D eigenvalue weighted by Crippen LogP contribution is 2.27. The van der Waals surface area contributed by atoms with Crippen LogP contribution in [0.3, 0.4) is 0 Å². The number of hydrogen-bond donors (Lipinski definition) is 1. The van der Waals surface area contributed by atoms with E-state index in [-0.39, 0.29) is 5.91 Å². The van der Waals surface area contributed by atoms with Crippen LogP contribution in [-0.4, -0.2) is 22.3 Å². The molecule has 0 fully saturated rings. The molecule has 0 unspecified atom stereocenters. The molecule has 26 heavy (non-hydrogen) atoms. The fourth-order valence-corrected chi connectivity index (χ4v) is 3.03. The van der Waals surface area contributed by atoms with Crippen LogP contribution < -0.4 is 10.1 Å². The Hall–Kier alpha value is -2.79. The normalized spacial score (nSPS) is 10.6. The lowest BCUT2D eigenvalue weighted by atomic mass is 10.2. The lowest BCUT2D eigenvalue weighted by Gasteiger charge is -2.11. The first-order valence-corrected chi connectivity index (χ1v) is 8.78. The first kappa shape index (κ1) is 18.0. The van der Waals surface area contributed by atoms with Gasteiger partial charge in [0.15, 0.2) is 0 Å². The lowest BCUT2D eigenvalue weighted by Crippen LogP contribution is -2.14. The molecule has 0 spiro atoms. The van der Waals surface area contributed by atoms with Gasteiger partial charge < -0.3 is 10.1 Å². The summed E-state index contributed by atoms with van der Waals surface area (Å²) in [6.45, 7) is 4.69. The van der Waals surface area contributed by atoms with Gasteiger partial charge in [-0.25, -0.2) is 4.68 Å². The Balaban J connectivity index is 1.84. The van der Waals surface area contributed by atoms with Gasteiger partial charge in [-0.2, -0.15) is 5.10 Å². The van der Waals surface area contributed by atoms with Gasteiger partial charge in [-0.05, 0) is 31.5 Å².